The van der Waals surface area contributed by atoms with Gasteiger partial charge in [-0.15, -0.1) is 11.3 Å². The summed E-state index contributed by atoms with van der Waals surface area (Å²) in [7, 11) is 0. The normalized spacial score (nSPS) is 9.81. The van der Waals surface area contributed by atoms with Crippen LogP contribution in [0.4, 0.5) is 5.13 Å². The molecule has 2 aromatic rings. The van der Waals surface area contributed by atoms with E-state index in [2.05, 4.69) is 22.1 Å². The number of nitrogen functional groups attached to an aromatic ring is 1. The van der Waals surface area contributed by atoms with Gasteiger partial charge in [0.25, 0.3) is 0 Å². The number of carbonyl (C=O) groups is 1. The molecule has 0 aliphatic heterocycles. The molecule has 0 fully saturated rings. The molecule has 0 saturated carbocycles. The van der Waals surface area contributed by atoms with Crippen molar-refractivity contribution in [2.24, 2.45) is 0 Å². The first-order valence-corrected chi connectivity index (χ1v) is 7.44. The van der Waals surface area contributed by atoms with Crippen molar-refractivity contribution in [3.8, 4) is 23.1 Å². The second-order valence-corrected chi connectivity index (χ2v) is 5.80. The molecule has 0 spiro atoms. The van der Waals surface area contributed by atoms with Crippen LogP contribution in [0.15, 0.2) is 24.3 Å². The van der Waals surface area contributed by atoms with E-state index in [0.29, 0.717) is 18.1 Å². The number of rotatable bonds is 3. The van der Waals surface area contributed by atoms with Crippen LogP contribution in [-0.4, -0.2) is 17.4 Å². The van der Waals surface area contributed by atoms with Gasteiger partial charge in [-0.25, -0.2) is 4.98 Å². The molecule has 0 aliphatic rings. The molecule has 1 aromatic heterocycles. The van der Waals surface area contributed by atoms with Gasteiger partial charge in [-0.1, -0.05) is 24.0 Å². The number of carbonyl (C=O) groups excluding carboxylic acids is 1. The van der Waals surface area contributed by atoms with Crippen LogP contribution >= 0.6 is 11.3 Å². The van der Waals surface area contributed by atoms with Crippen LogP contribution in [0.5, 0.6) is 0 Å². The number of aromatic nitrogens is 1. The van der Waals surface area contributed by atoms with E-state index in [9.17, 15) is 4.79 Å². The molecule has 0 radical (unpaired) electrons. The number of nitrogens with zero attached hydrogens (tertiary/aromatic N) is 1. The summed E-state index contributed by atoms with van der Waals surface area (Å²) in [6.07, 6.45) is 0.642. The maximum atomic E-state index is 10.7. The van der Waals surface area contributed by atoms with E-state index in [1.165, 1.54) is 18.3 Å². The van der Waals surface area contributed by atoms with Crippen molar-refractivity contribution in [1.82, 2.24) is 10.3 Å². The Balaban J connectivity index is 2.01. The Hall–Kier alpha value is -2.32. The molecule has 1 heterocycles. The minimum Gasteiger partial charge on any atom is -0.375 e. The number of anilines is 1. The standard InChI is InChI=1S/C16H17N3OS/c1-11-15(19-16(17)21-11)14-8-6-13(7-9-14)5-3-4-10-18-12(2)20/h6-9H,4,10H2,1-2H3,(H2,17,19)(H,18,20). The van der Waals surface area contributed by atoms with Crippen LogP contribution in [0.2, 0.25) is 0 Å². The van der Waals surface area contributed by atoms with Crippen molar-refractivity contribution >= 4 is 22.4 Å². The molecule has 0 atom stereocenters. The van der Waals surface area contributed by atoms with E-state index in [0.717, 1.165) is 21.7 Å². The van der Waals surface area contributed by atoms with Gasteiger partial charge in [-0.05, 0) is 19.1 Å². The molecule has 4 nitrogen and oxygen atoms in total. The van der Waals surface area contributed by atoms with E-state index in [-0.39, 0.29) is 5.91 Å². The van der Waals surface area contributed by atoms with E-state index in [4.69, 9.17) is 5.73 Å². The molecule has 0 aliphatic carbocycles. The highest BCUT2D eigenvalue weighted by atomic mass is 32.1. The van der Waals surface area contributed by atoms with Crippen molar-refractivity contribution in [1.29, 1.82) is 0 Å². The minimum absolute atomic E-state index is 0.0286. The Morgan fingerprint density at radius 2 is 2.10 bits per heavy atom. The number of thiazole rings is 1. The molecule has 5 heteroatoms. The number of aryl methyl sites for hydroxylation is 1. The van der Waals surface area contributed by atoms with Gasteiger partial charge in [-0.3, -0.25) is 4.79 Å². The summed E-state index contributed by atoms with van der Waals surface area (Å²) in [5, 5.41) is 3.30. The van der Waals surface area contributed by atoms with Gasteiger partial charge in [0.2, 0.25) is 5.91 Å². The quantitative estimate of drug-likeness (QED) is 0.676. The molecule has 0 unspecified atom stereocenters. The third-order valence-electron chi connectivity index (χ3n) is 2.83. The summed E-state index contributed by atoms with van der Waals surface area (Å²) in [5.41, 5.74) is 8.64. The molecular formula is C16H17N3OS. The van der Waals surface area contributed by atoms with E-state index < -0.39 is 0 Å². The smallest absolute Gasteiger partial charge is 0.216 e. The highest BCUT2D eigenvalue weighted by Crippen LogP contribution is 2.28. The first-order valence-electron chi connectivity index (χ1n) is 6.63. The van der Waals surface area contributed by atoms with Gasteiger partial charge < -0.3 is 11.1 Å². The average Bonchev–Trinajstić information content (AvgIpc) is 2.78. The Kier molecular flexibility index (Phi) is 4.96. The molecule has 1 amide bonds. The van der Waals surface area contributed by atoms with Crippen molar-refractivity contribution in [2.45, 2.75) is 20.3 Å². The predicted molar refractivity (Wildman–Crippen MR) is 86.9 cm³/mol. The molecule has 0 saturated heterocycles. The van der Waals surface area contributed by atoms with Crippen molar-refractivity contribution in [3.63, 3.8) is 0 Å². The average molecular weight is 299 g/mol. The first-order chi connectivity index (χ1) is 10.1. The zero-order valence-electron chi connectivity index (χ0n) is 12.1. The van der Waals surface area contributed by atoms with E-state index in [1.54, 1.807) is 0 Å². The van der Waals surface area contributed by atoms with Crippen LogP contribution in [0.3, 0.4) is 0 Å². The Morgan fingerprint density at radius 1 is 1.38 bits per heavy atom. The molecule has 0 bridgehead atoms. The van der Waals surface area contributed by atoms with Crippen molar-refractivity contribution in [2.75, 3.05) is 12.3 Å². The summed E-state index contributed by atoms with van der Waals surface area (Å²) < 4.78 is 0. The van der Waals surface area contributed by atoms with Gasteiger partial charge in [0.05, 0.1) is 5.69 Å². The fraction of sp³-hybridized carbons (Fsp3) is 0.250. The zero-order valence-corrected chi connectivity index (χ0v) is 12.9. The van der Waals surface area contributed by atoms with Gasteiger partial charge in [0.1, 0.15) is 0 Å². The largest absolute Gasteiger partial charge is 0.375 e. The Labute approximate surface area is 128 Å². The third-order valence-corrected chi connectivity index (χ3v) is 3.63. The highest BCUT2D eigenvalue weighted by Gasteiger charge is 2.07. The lowest BCUT2D eigenvalue weighted by Crippen LogP contribution is -2.20. The third kappa shape index (κ3) is 4.33. The van der Waals surface area contributed by atoms with E-state index >= 15 is 0 Å². The molecule has 3 N–H and O–H groups in total. The van der Waals surface area contributed by atoms with Gasteiger partial charge in [0.15, 0.2) is 5.13 Å². The van der Waals surface area contributed by atoms with Crippen molar-refractivity contribution < 1.29 is 4.79 Å². The number of benzene rings is 1. The SMILES string of the molecule is CC(=O)NCCC#Cc1ccc(-c2nc(N)sc2C)cc1. The van der Waals surface area contributed by atoms with Crippen LogP contribution < -0.4 is 11.1 Å². The lowest BCUT2D eigenvalue weighted by atomic mass is 10.1. The van der Waals surface area contributed by atoms with Gasteiger partial charge in [0, 0.05) is 35.9 Å². The summed E-state index contributed by atoms with van der Waals surface area (Å²) in [6.45, 7) is 4.09. The predicted octanol–water partition coefficient (Wildman–Crippen LogP) is 2.58. The molecular weight excluding hydrogens is 282 g/mol. The Morgan fingerprint density at radius 3 is 2.67 bits per heavy atom. The fourth-order valence-electron chi connectivity index (χ4n) is 1.86. The van der Waals surface area contributed by atoms with Crippen molar-refractivity contribution in [3.05, 3.63) is 34.7 Å². The second kappa shape index (κ2) is 6.91. The first kappa shape index (κ1) is 15.1. The maximum absolute atomic E-state index is 10.7. The molecule has 2 rings (SSSR count). The zero-order chi connectivity index (χ0) is 15.2. The summed E-state index contributed by atoms with van der Waals surface area (Å²) in [5.74, 6) is 6.08. The second-order valence-electron chi connectivity index (χ2n) is 4.57. The topological polar surface area (TPSA) is 68.0 Å². The number of nitrogens with one attached hydrogen (secondary N) is 1. The van der Waals surface area contributed by atoms with Crippen LogP contribution in [0, 0.1) is 18.8 Å². The van der Waals surface area contributed by atoms with Crippen LogP contribution in [-0.2, 0) is 4.79 Å². The molecule has 108 valence electrons. The monoisotopic (exact) mass is 299 g/mol. The number of hydrogen-bond acceptors (Lipinski definition) is 4. The Bertz CT molecular complexity index is 693. The van der Waals surface area contributed by atoms with E-state index in [1.807, 2.05) is 31.2 Å². The number of hydrogen-bond donors (Lipinski definition) is 2. The number of amides is 1. The van der Waals surface area contributed by atoms with Crippen LogP contribution in [0.1, 0.15) is 23.8 Å². The van der Waals surface area contributed by atoms with Gasteiger partial charge in [-0.2, -0.15) is 0 Å². The highest BCUT2D eigenvalue weighted by molar-refractivity contribution is 7.15. The van der Waals surface area contributed by atoms with Gasteiger partial charge >= 0.3 is 0 Å². The summed E-state index contributed by atoms with van der Waals surface area (Å²) >= 11 is 1.49. The summed E-state index contributed by atoms with van der Waals surface area (Å²) in [6, 6.07) is 7.93. The lowest BCUT2D eigenvalue weighted by Gasteiger charge is -1.99. The molecule has 1 aromatic carbocycles. The maximum Gasteiger partial charge on any atom is 0.216 e. The van der Waals surface area contributed by atoms with Crippen LogP contribution in [0.25, 0.3) is 11.3 Å². The summed E-state index contributed by atoms with van der Waals surface area (Å²) in [4.78, 5) is 16.2. The fourth-order valence-corrected chi connectivity index (χ4v) is 2.57. The minimum atomic E-state index is -0.0286. The lowest BCUT2D eigenvalue weighted by molar-refractivity contribution is -0.118. The number of nitrogens with two attached hydrogens (primary N) is 1. The molecule has 21 heavy (non-hydrogen) atoms.